The Hall–Kier alpha value is -1.89. The fourth-order valence-corrected chi connectivity index (χ4v) is 12.0. The molecule has 0 atom stereocenters. The number of aliphatic carboxylic acids is 2. The highest BCUT2D eigenvalue weighted by atomic mass is 28.4. The summed E-state index contributed by atoms with van der Waals surface area (Å²) in [4.78, 5) is 43.3. The lowest BCUT2D eigenvalue weighted by Gasteiger charge is -2.34. The van der Waals surface area contributed by atoms with Crippen LogP contribution in [-0.4, -0.2) is 117 Å². The Labute approximate surface area is 219 Å². The second kappa shape index (κ2) is 20.1. The molecule has 216 valence electrons. The Morgan fingerprint density at radius 2 is 0.919 bits per heavy atom. The second-order valence-electron chi connectivity index (χ2n) is 9.27. The van der Waals surface area contributed by atoms with Crippen LogP contribution in [0, 0.1) is 0 Å². The van der Waals surface area contributed by atoms with Crippen LogP contribution in [0.3, 0.4) is 0 Å². The summed E-state index contributed by atoms with van der Waals surface area (Å²) < 4.78 is 36.6. The summed E-state index contributed by atoms with van der Waals surface area (Å²) in [6.45, 7) is 8.57. The van der Waals surface area contributed by atoms with E-state index in [0.29, 0.717) is 13.2 Å². The smallest absolute Gasteiger partial charge is 0.332 e. The number of carbonyl (C=O) groups excluding carboxylic acids is 2. The Morgan fingerprint density at radius 3 is 1.27 bits per heavy atom. The second-order valence-corrected chi connectivity index (χ2v) is 18.1. The van der Waals surface area contributed by atoms with Gasteiger partial charge < -0.3 is 42.7 Å². The van der Waals surface area contributed by atoms with Crippen LogP contribution in [0.25, 0.3) is 0 Å². The summed E-state index contributed by atoms with van der Waals surface area (Å²) in [7, 11) is -3.75. The third-order valence-electron chi connectivity index (χ3n) is 4.56. The molecule has 0 saturated carbocycles. The van der Waals surface area contributed by atoms with Crippen LogP contribution in [0.4, 0.5) is 0 Å². The van der Waals surface area contributed by atoms with Crippen molar-refractivity contribution in [1.82, 2.24) is 0 Å². The molecule has 0 spiro atoms. The van der Waals surface area contributed by atoms with Crippen molar-refractivity contribution in [3.63, 3.8) is 0 Å². The van der Waals surface area contributed by atoms with Gasteiger partial charge in [-0.2, -0.15) is 0 Å². The normalized spacial score (nSPS) is 11.8. The predicted octanol–water partition coefficient (Wildman–Crippen LogP) is 1.52. The Morgan fingerprint density at radius 1 is 0.541 bits per heavy atom. The maximum Gasteiger partial charge on any atom is 0.332 e. The molecule has 0 aromatic carbocycles. The highest BCUT2D eigenvalue weighted by Crippen LogP contribution is 2.23. The molecule has 0 unspecified atom stereocenters. The number of carboxylic acid groups (broad SMARTS) is 2. The lowest BCUT2D eigenvalue weighted by Crippen LogP contribution is -2.44. The zero-order chi connectivity index (χ0) is 28.2. The van der Waals surface area contributed by atoms with Crippen molar-refractivity contribution in [2.24, 2.45) is 0 Å². The fraction of sp³-hybridized carbons (Fsp3) is 0.818. The van der Waals surface area contributed by atoms with Crippen molar-refractivity contribution < 1.29 is 61.9 Å². The topological polar surface area (TPSA) is 173 Å². The van der Waals surface area contributed by atoms with Crippen LogP contribution in [0.1, 0.15) is 12.8 Å². The zero-order valence-corrected chi connectivity index (χ0v) is 24.3. The van der Waals surface area contributed by atoms with E-state index in [4.69, 9.17) is 33.3 Å². The van der Waals surface area contributed by atoms with E-state index in [-0.39, 0.29) is 26.4 Å². The standard InChI is InChI=1S/C22H42O13Si2/c1-36(2,13-5-7-29-9-11-33-21(27)17-31-15-19(23)24)35-37(3,4)14-6-8-30-10-12-34-22(28)18-32-16-20(25)26/h5-18H2,1-4H3,(H,23,24)(H,25,26). The molecule has 37 heavy (non-hydrogen) atoms. The van der Waals surface area contributed by atoms with E-state index in [1.807, 2.05) is 0 Å². The van der Waals surface area contributed by atoms with Crippen LogP contribution in [0.2, 0.25) is 38.3 Å². The van der Waals surface area contributed by atoms with E-state index in [1.54, 1.807) is 0 Å². The number of ether oxygens (including phenoxy) is 6. The molecule has 0 aromatic rings. The van der Waals surface area contributed by atoms with Crippen molar-refractivity contribution in [2.45, 2.75) is 51.1 Å². The molecule has 0 aliphatic heterocycles. The Kier molecular flexibility index (Phi) is 19.1. The van der Waals surface area contributed by atoms with Crippen LogP contribution in [-0.2, 0) is 51.7 Å². The zero-order valence-electron chi connectivity index (χ0n) is 22.3. The summed E-state index contributed by atoms with van der Waals surface area (Å²) >= 11 is 0. The number of hydrogen-bond donors (Lipinski definition) is 2. The minimum absolute atomic E-state index is 0.0816. The van der Waals surface area contributed by atoms with E-state index < -0.39 is 66.9 Å². The maximum absolute atomic E-state index is 11.3. The van der Waals surface area contributed by atoms with Gasteiger partial charge in [-0.3, -0.25) is 0 Å². The lowest BCUT2D eigenvalue weighted by molar-refractivity contribution is -0.155. The Bertz CT molecular complexity index is 629. The van der Waals surface area contributed by atoms with Gasteiger partial charge in [0.15, 0.2) is 16.6 Å². The third kappa shape index (κ3) is 24.2. The average molecular weight is 571 g/mol. The van der Waals surface area contributed by atoms with Crippen molar-refractivity contribution >= 4 is 40.5 Å². The van der Waals surface area contributed by atoms with E-state index in [9.17, 15) is 19.2 Å². The van der Waals surface area contributed by atoms with Crippen molar-refractivity contribution in [2.75, 3.05) is 66.1 Å². The average Bonchev–Trinajstić information content (AvgIpc) is 2.76. The van der Waals surface area contributed by atoms with E-state index >= 15 is 0 Å². The van der Waals surface area contributed by atoms with Gasteiger partial charge in [0.2, 0.25) is 0 Å². The summed E-state index contributed by atoms with van der Waals surface area (Å²) in [5.74, 6) is -3.56. The number of hydrogen-bond acceptors (Lipinski definition) is 11. The van der Waals surface area contributed by atoms with Gasteiger partial charge in [-0.05, 0) is 51.1 Å². The first kappa shape index (κ1) is 35.1. The molecule has 0 aromatic heterocycles. The highest BCUT2D eigenvalue weighted by molar-refractivity contribution is 6.84. The van der Waals surface area contributed by atoms with Gasteiger partial charge in [-0.1, -0.05) is 0 Å². The lowest BCUT2D eigenvalue weighted by atomic mass is 10.5. The first-order valence-corrected chi connectivity index (χ1v) is 18.3. The maximum atomic E-state index is 11.3. The summed E-state index contributed by atoms with van der Waals surface area (Å²) in [6, 6.07) is 1.87. The van der Waals surface area contributed by atoms with Crippen molar-refractivity contribution in [3.8, 4) is 0 Å². The first-order chi connectivity index (χ1) is 17.3. The van der Waals surface area contributed by atoms with Crippen molar-refractivity contribution in [3.05, 3.63) is 0 Å². The van der Waals surface area contributed by atoms with Gasteiger partial charge in [0.1, 0.15) is 39.6 Å². The van der Waals surface area contributed by atoms with Gasteiger partial charge in [0.25, 0.3) is 0 Å². The van der Waals surface area contributed by atoms with Crippen LogP contribution < -0.4 is 0 Å². The van der Waals surface area contributed by atoms with E-state index in [2.05, 4.69) is 35.7 Å². The minimum Gasteiger partial charge on any atom is -0.480 e. The molecular weight excluding hydrogens is 528 g/mol. The van der Waals surface area contributed by atoms with E-state index in [1.165, 1.54) is 0 Å². The molecule has 0 amide bonds. The molecule has 0 fully saturated rings. The molecule has 0 rings (SSSR count). The monoisotopic (exact) mass is 570 g/mol. The number of carboxylic acids is 2. The number of rotatable bonds is 24. The van der Waals surface area contributed by atoms with Crippen LogP contribution in [0.5, 0.6) is 0 Å². The third-order valence-corrected chi connectivity index (χ3v) is 12.1. The molecule has 0 aliphatic rings. The predicted molar refractivity (Wildman–Crippen MR) is 135 cm³/mol. The molecule has 0 aliphatic carbocycles. The summed E-state index contributed by atoms with van der Waals surface area (Å²) in [5, 5.41) is 16.9. The largest absolute Gasteiger partial charge is 0.480 e. The quantitative estimate of drug-likeness (QED) is 0.0972. The molecule has 0 bridgehead atoms. The van der Waals surface area contributed by atoms with Crippen LogP contribution in [0.15, 0.2) is 0 Å². The van der Waals surface area contributed by atoms with Gasteiger partial charge in [-0.25, -0.2) is 19.2 Å². The molecule has 13 nitrogen and oxygen atoms in total. The molecule has 15 heteroatoms. The van der Waals surface area contributed by atoms with E-state index in [0.717, 1.165) is 24.9 Å². The molecule has 0 saturated heterocycles. The molecule has 2 N–H and O–H groups in total. The minimum atomic E-state index is -1.88. The molecule has 0 radical (unpaired) electrons. The summed E-state index contributed by atoms with van der Waals surface area (Å²) in [5.41, 5.74) is 0. The highest BCUT2D eigenvalue weighted by Gasteiger charge is 2.32. The first-order valence-electron chi connectivity index (χ1n) is 12.1. The summed E-state index contributed by atoms with van der Waals surface area (Å²) in [6.07, 6.45) is 1.67. The fourth-order valence-electron chi connectivity index (χ4n) is 3.21. The number of carbonyl (C=O) groups is 4. The molecular formula is C22H42O13Si2. The van der Waals surface area contributed by atoms with Gasteiger partial charge >= 0.3 is 23.9 Å². The van der Waals surface area contributed by atoms with Gasteiger partial charge in [-0.15, -0.1) is 0 Å². The number of esters is 2. The van der Waals surface area contributed by atoms with Gasteiger partial charge in [0.05, 0.1) is 13.2 Å². The van der Waals surface area contributed by atoms with Crippen LogP contribution >= 0.6 is 0 Å². The molecule has 0 heterocycles. The van der Waals surface area contributed by atoms with Crippen molar-refractivity contribution in [1.29, 1.82) is 0 Å². The Balaban J connectivity index is 3.80. The van der Waals surface area contributed by atoms with Gasteiger partial charge in [0, 0.05) is 13.2 Å². The SMILES string of the molecule is C[Si](C)(CCCOCCOC(=O)COCC(=O)O)O[Si](C)(C)CCCOCCOC(=O)COCC(=O)O.